The van der Waals surface area contributed by atoms with Crippen molar-refractivity contribution < 1.29 is 4.79 Å². The van der Waals surface area contributed by atoms with Gasteiger partial charge in [-0.15, -0.1) is 0 Å². The van der Waals surface area contributed by atoms with Gasteiger partial charge in [0.15, 0.2) is 0 Å². The lowest BCUT2D eigenvalue weighted by Crippen LogP contribution is -2.55. The summed E-state index contributed by atoms with van der Waals surface area (Å²) in [5, 5.41) is 3.39. The normalized spacial score (nSPS) is 30.4. The highest BCUT2D eigenvalue weighted by molar-refractivity contribution is 5.76. The first-order chi connectivity index (χ1) is 5.63. The first kappa shape index (κ1) is 9.52. The fraction of sp³-hybridized carbons (Fsp3) is 0.889. The highest BCUT2D eigenvalue weighted by Gasteiger charge is 2.23. The number of amides is 1. The molecule has 0 spiro atoms. The molecule has 1 aliphatic rings. The molecule has 3 nitrogen and oxygen atoms in total. The monoisotopic (exact) mass is 170 g/mol. The predicted octanol–water partition coefficient (Wildman–Crippen LogP) is 0.605. The summed E-state index contributed by atoms with van der Waals surface area (Å²) >= 11 is 0. The molecule has 2 atom stereocenters. The van der Waals surface area contributed by atoms with Crippen molar-refractivity contribution in [2.75, 3.05) is 13.1 Å². The Bertz CT molecular complexity index is 160. The number of nitrogens with zero attached hydrogens (tertiary/aromatic N) is 1. The lowest BCUT2D eigenvalue weighted by atomic mass is 10.1. The summed E-state index contributed by atoms with van der Waals surface area (Å²) in [6.07, 6.45) is 0.624. The zero-order valence-corrected chi connectivity index (χ0v) is 8.13. The van der Waals surface area contributed by atoms with Crippen LogP contribution in [-0.4, -0.2) is 36.0 Å². The first-order valence-corrected chi connectivity index (χ1v) is 4.67. The van der Waals surface area contributed by atoms with Crippen molar-refractivity contribution in [3.8, 4) is 0 Å². The summed E-state index contributed by atoms with van der Waals surface area (Å²) in [5.41, 5.74) is 0. The van der Waals surface area contributed by atoms with E-state index in [-0.39, 0.29) is 5.91 Å². The van der Waals surface area contributed by atoms with Crippen molar-refractivity contribution in [2.45, 2.75) is 39.3 Å². The second-order valence-electron chi connectivity index (χ2n) is 3.62. The number of piperazine rings is 1. The van der Waals surface area contributed by atoms with E-state index in [0.717, 1.165) is 13.1 Å². The molecule has 1 saturated heterocycles. The van der Waals surface area contributed by atoms with Crippen LogP contribution in [0.15, 0.2) is 0 Å². The number of nitrogens with one attached hydrogen (secondary N) is 1. The zero-order chi connectivity index (χ0) is 9.14. The van der Waals surface area contributed by atoms with Gasteiger partial charge >= 0.3 is 0 Å². The molecule has 1 N–H and O–H groups in total. The molecule has 70 valence electrons. The van der Waals surface area contributed by atoms with Crippen LogP contribution in [0.1, 0.15) is 27.2 Å². The van der Waals surface area contributed by atoms with Crippen LogP contribution < -0.4 is 5.32 Å². The van der Waals surface area contributed by atoms with Gasteiger partial charge < -0.3 is 10.2 Å². The van der Waals surface area contributed by atoms with Crippen LogP contribution in [0.3, 0.4) is 0 Å². The Hall–Kier alpha value is -0.570. The largest absolute Gasteiger partial charge is 0.340 e. The number of hydrogen-bond acceptors (Lipinski definition) is 2. The molecule has 0 aromatic carbocycles. The second kappa shape index (κ2) is 3.90. The van der Waals surface area contributed by atoms with Gasteiger partial charge in [0.2, 0.25) is 5.91 Å². The van der Waals surface area contributed by atoms with Crippen LogP contribution in [0.2, 0.25) is 0 Å². The Kier molecular flexibility index (Phi) is 3.09. The summed E-state index contributed by atoms with van der Waals surface area (Å²) < 4.78 is 0. The molecular formula is C9H18N2O. The van der Waals surface area contributed by atoms with Gasteiger partial charge in [-0.05, 0) is 13.8 Å². The van der Waals surface area contributed by atoms with Gasteiger partial charge in [0.25, 0.3) is 0 Å². The third-order valence-electron chi connectivity index (χ3n) is 2.21. The number of hydrogen-bond donors (Lipinski definition) is 1. The molecule has 0 aromatic rings. The van der Waals surface area contributed by atoms with Crippen LogP contribution >= 0.6 is 0 Å². The maximum atomic E-state index is 11.4. The molecule has 0 saturated carbocycles. The topological polar surface area (TPSA) is 32.3 Å². The van der Waals surface area contributed by atoms with Crippen molar-refractivity contribution in [3.05, 3.63) is 0 Å². The van der Waals surface area contributed by atoms with Gasteiger partial charge in [-0.1, -0.05) is 6.92 Å². The number of carbonyl (C=O) groups is 1. The third-order valence-corrected chi connectivity index (χ3v) is 2.21. The number of rotatable bonds is 1. The van der Waals surface area contributed by atoms with Crippen molar-refractivity contribution in [3.63, 3.8) is 0 Å². The van der Waals surface area contributed by atoms with Gasteiger partial charge in [-0.25, -0.2) is 0 Å². The Morgan fingerprint density at radius 3 is 2.33 bits per heavy atom. The lowest BCUT2D eigenvalue weighted by Gasteiger charge is -2.36. The first-order valence-electron chi connectivity index (χ1n) is 4.67. The molecule has 1 aliphatic heterocycles. The van der Waals surface area contributed by atoms with E-state index in [1.165, 1.54) is 0 Å². The SMILES string of the molecule is CCC(=O)N1CC(C)NC(C)C1. The lowest BCUT2D eigenvalue weighted by molar-refractivity contribution is -0.132. The summed E-state index contributed by atoms with van der Waals surface area (Å²) in [4.78, 5) is 13.3. The molecule has 0 radical (unpaired) electrons. The van der Waals surface area contributed by atoms with Gasteiger partial charge in [-0.3, -0.25) is 4.79 Å². The van der Waals surface area contributed by atoms with E-state index in [1.807, 2.05) is 11.8 Å². The van der Waals surface area contributed by atoms with Crippen molar-refractivity contribution in [2.24, 2.45) is 0 Å². The van der Waals surface area contributed by atoms with Gasteiger partial charge in [0, 0.05) is 31.6 Å². The maximum absolute atomic E-state index is 11.4. The molecule has 1 fully saturated rings. The molecule has 0 aromatic heterocycles. The van der Waals surface area contributed by atoms with Crippen LogP contribution in [-0.2, 0) is 4.79 Å². The number of carbonyl (C=O) groups excluding carboxylic acids is 1. The standard InChI is InChI=1S/C9H18N2O/c1-4-9(12)11-5-7(2)10-8(3)6-11/h7-8,10H,4-6H2,1-3H3. The summed E-state index contributed by atoms with van der Waals surface area (Å²) in [6.45, 7) is 7.87. The Balaban J connectivity index is 2.49. The minimum atomic E-state index is 0.273. The van der Waals surface area contributed by atoms with Crippen LogP contribution in [0.4, 0.5) is 0 Å². The molecule has 1 amide bonds. The molecule has 2 unspecified atom stereocenters. The Morgan fingerprint density at radius 1 is 1.42 bits per heavy atom. The van der Waals surface area contributed by atoms with Gasteiger partial charge in [0.1, 0.15) is 0 Å². The summed E-state index contributed by atoms with van der Waals surface area (Å²) in [5.74, 6) is 0.273. The van der Waals surface area contributed by atoms with E-state index in [2.05, 4.69) is 19.2 Å². The Morgan fingerprint density at radius 2 is 1.92 bits per heavy atom. The molecular weight excluding hydrogens is 152 g/mol. The van der Waals surface area contributed by atoms with E-state index in [4.69, 9.17) is 0 Å². The van der Waals surface area contributed by atoms with Crippen molar-refractivity contribution >= 4 is 5.91 Å². The highest BCUT2D eigenvalue weighted by atomic mass is 16.2. The fourth-order valence-corrected chi connectivity index (χ4v) is 1.75. The molecule has 12 heavy (non-hydrogen) atoms. The molecule has 3 heteroatoms. The average molecular weight is 170 g/mol. The van der Waals surface area contributed by atoms with Gasteiger partial charge in [-0.2, -0.15) is 0 Å². The van der Waals surface area contributed by atoms with Crippen LogP contribution in [0, 0.1) is 0 Å². The fourth-order valence-electron chi connectivity index (χ4n) is 1.75. The zero-order valence-electron chi connectivity index (χ0n) is 8.13. The third kappa shape index (κ3) is 2.21. The van der Waals surface area contributed by atoms with Crippen LogP contribution in [0.25, 0.3) is 0 Å². The van der Waals surface area contributed by atoms with E-state index < -0.39 is 0 Å². The maximum Gasteiger partial charge on any atom is 0.222 e. The van der Waals surface area contributed by atoms with Crippen molar-refractivity contribution in [1.82, 2.24) is 10.2 Å². The molecule has 0 aliphatic carbocycles. The van der Waals surface area contributed by atoms with E-state index >= 15 is 0 Å². The minimum Gasteiger partial charge on any atom is -0.340 e. The molecule has 1 heterocycles. The van der Waals surface area contributed by atoms with Gasteiger partial charge in [0.05, 0.1) is 0 Å². The van der Waals surface area contributed by atoms with E-state index in [0.29, 0.717) is 18.5 Å². The summed E-state index contributed by atoms with van der Waals surface area (Å²) in [6, 6.07) is 0.869. The van der Waals surface area contributed by atoms with Crippen LogP contribution in [0.5, 0.6) is 0 Å². The summed E-state index contributed by atoms with van der Waals surface area (Å²) in [7, 11) is 0. The Labute approximate surface area is 74.1 Å². The van der Waals surface area contributed by atoms with Crippen molar-refractivity contribution in [1.29, 1.82) is 0 Å². The average Bonchev–Trinajstić information content (AvgIpc) is 2.01. The molecule has 0 bridgehead atoms. The second-order valence-corrected chi connectivity index (χ2v) is 3.62. The smallest absolute Gasteiger partial charge is 0.222 e. The highest BCUT2D eigenvalue weighted by Crippen LogP contribution is 2.05. The van der Waals surface area contributed by atoms with E-state index in [9.17, 15) is 4.79 Å². The minimum absolute atomic E-state index is 0.273. The van der Waals surface area contributed by atoms with E-state index in [1.54, 1.807) is 0 Å². The quantitative estimate of drug-likeness (QED) is 0.625. The predicted molar refractivity (Wildman–Crippen MR) is 48.9 cm³/mol. The molecule has 1 rings (SSSR count).